The van der Waals surface area contributed by atoms with Gasteiger partial charge in [-0.25, -0.2) is 4.98 Å². The van der Waals surface area contributed by atoms with Gasteiger partial charge in [0.25, 0.3) is 5.91 Å². The molecular weight excluding hydrogens is 389 g/mol. The summed E-state index contributed by atoms with van der Waals surface area (Å²) in [6, 6.07) is 14.9. The lowest BCUT2D eigenvalue weighted by Crippen LogP contribution is -2.23. The van der Waals surface area contributed by atoms with Gasteiger partial charge in [-0.15, -0.1) is 11.3 Å². The average Bonchev–Trinajstić information content (AvgIpc) is 3.12. The van der Waals surface area contributed by atoms with Gasteiger partial charge in [0.1, 0.15) is 10.7 Å². The van der Waals surface area contributed by atoms with E-state index in [1.807, 2.05) is 30.3 Å². The van der Waals surface area contributed by atoms with E-state index >= 15 is 0 Å². The van der Waals surface area contributed by atoms with Crippen LogP contribution in [0.25, 0.3) is 0 Å². The molecule has 3 rings (SSSR count). The Bertz CT molecular complexity index is 899. The van der Waals surface area contributed by atoms with Crippen LogP contribution in [0.3, 0.4) is 0 Å². The first-order valence-corrected chi connectivity index (χ1v) is 9.63. The lowest BCUT2D eigenvalue weighted by Gasteiger charge is -2.08. The van der Waals surface area contributed by atoms with E-state index in [-0.39, 0.29) is 11.9 Å². The number of aromatic nitrogens is 1. The number of thiazole rings is 1. The average molecular weight is 406 g/mol. The maximum absolute atomic E-state index is 12.3. The summed E-state index contributed by atoms with van der Waals surface area (Å²) in [6.45, 7) is 0.303. The van der Waals surface area contributed by atoms with Gasteiger partial charge in [-0.05, 0) is 29.7 Å². The minimum absolute atomic E-state index is 0.241. The summed E-state index contributed by atoms with van der Waals surface area (Å²) >= 11 is 13.4. The van der Waals surface area contributed by atoms with Crippen LogP contribution in [0.4, 0.5) is 0 Å². The number of benzene rings is 2. The van der Waals surface area contributed by atoms with Crippen molar-refractivity contribution in [3.63, 3.8) is 0 Å². The number of carbonyl (C=O) groups excluding carboxylic acids is 1. The van der Waals surface area contributed by atoms with Crippen LogP contribution in [0.15, 0.2) is 53.9 Å². The fourth-order valence-corrected chi connectivity index (χ4v) is 3.73. The zero-order chi connectivity index (χ0) is 18.5. The third-order valence-corrected chi connectivity index (χ3v) is 5.39. The van der Waals surface area contributed by atoms with Gasteiger partial charge in [-0.2, -0.15) is 0 Å². The summed E-state index contributed by atoms with van der Waals surface area (Å²) in [6.07, 6.45) is 0.676. The standard InChI is InChI=1S/C19H17Cl2N3OS/c20-14-7-6-13(15(21)9-14)10-23-18(25)17-11-26-19(24-17)16(22)8-12-4-2-1-3-5-12/h1-7,9,11,16H,8,10,22H2,(H,23,25). The Morgan fingerprint density at radius 1 is 1.19 bits per heavy atom. The van der Waals surface area contributed by atoms with E-state index in [1.54, 1.807) is 23.6 Å². The number of carbonyl (C=O) groups is 1. The van der Waals surface area contributed by atoms with Crippen molar-refractivity contribution in [3.05, 3.63) is 85.8 Å². The highest BCUT2D eigenvalue weighted by Gasteiger charge is 2.16. The number of nitrogens with two attached hydrogens (primary N) is 1. The zero-order valence-corrected chi connectivity index (χ0v) is 16.1. The Morgan fingerprint density at radius 2 is 1.96 bits per heavy atom. The van der Waals surface area contributed by atoms with Crippen molar-refractivity contribution in [1.29, 1.82) is 0 Å². The predicted octanol–water partition coefficient (Wildman–Crippen LogP) is 4.62. The number of nitrogens with one attached hydrogen (secondary N) is 1. The van der Waals surface area contributed by atoms with Crippen molar-refractivity contribution in [3.8, 4) is 0 Å². The highest BCUT2D eigenvalue weighted by molar-refractivity contribution is 7.09. The predicted molar refractivity (Wildman–Crippen MR) is 107 cm³/mol. The first-order valence-electron chi connectivity index (χ1n) is 8.00. The van der Waals surface area contributed by atoms with Crippen molar-refractivity contribution < 1.29 is 4.79 Å². The van der Waals surface area contributed by atoms with Crippen LogP contribution in [0.1, 0.15) is 32.7 Å². The molecule has 4 nitrogen and oxygen atoms in total. The number of hydrogen-bond acceptors (Lipinski definition) is 4. The normalized spacial score (nSPS) is 12.0. The van der Waals surface area contributed by atoms with Crippen LogP contribution in [0.2, 0.25) is 10.0 Å². The van der Waals surface area contributed by atoms with Crippen molar-refractivity contribution in [2.24, 2.45) is 5.73 Å². The molecule has 1 aromatic heterocycles. The van der Waals surface area contributed by atoms with Crippen molar-refractivity contribution >= 4 is 40.4 Å². The van der Waals surface area contributed by atoms with Gasteiger partial charge in [-0.3, -0.25) is 4.79 Å². The third kappa shape index (κ3) is 4.83. The molecule has 1 amide bonds. The van der Waals surface area contributed by atoms with Gasteiger partial charge in [0.2, 0.25) is 0 Å². The van der Waals surface area contributed by atoms with Gasteiger partial charge in [-0.1, -0.05) is 59.6 Å². The number of nitrogens with zero attached hydrogens (tertiary/aromatic N) is 1. The first kappa shape index (κ1) is 18.9. The third-order valence-electron chi connectivity index (χ3n) is 3.82. The highest BCUT2D eigenvalue weighted by atomic mass is 35.5. The lowest BCUT2D eigenvalue weighted by molar-refractivity contribution is 0.0946. The molecule has 3 N–H and O–H groups in total. The van der Waals surface area contributed by atoms with Crippen LogP contribution in [0.5, 0.6) is 0 Å². The molecule has 1 atom stereocenters. The summed E-state index contributed by atoms with van der Waals surface area (Å²) in [4.78, 5) is 16.7. The van der Waals surface area contributed by atoms with E-state index in [4.69, 9.17) is 28.9 Å². The zero-order valence-electron chi connectivity index (χ0n) is 13.8. The van der Waals surface area contributed by atoms with Crippen LogP contribution in [-0.4, -0.2) is 10.9 Å². The number of halogens is 2. The number of hydrogen-bond donors (Lipinski definition) is 2. The minimum atomic E-state index is -0.259. The quantitative estimate of drug-likeness (QED) is 0.628. The molecule has 2 aromatic carbocycles. The molecule has 0 spiro atoms. The van der Waals surface area contributed by atoms with Crippen LogP contribution in [0, 0.1) is 0 Å². The summed E-state index contributed by atoms with van der Waals surface area (Å²) in [5.41, 5.74) is 8.52. The van der Waals surface area contributed by atoms with E-state index in [9.17, 15) is 4.79 Å². The molecule has 134 valence electrons. The van der Waals surface area contributed by atoms with Crippen molar-refractivity contribution in [1.82, 2.24) is 10.3 Å². The molecule has 0 aliphatic heterocycles. The summed E-state index contributed by atoms with van der Waals surface area (Å²) < 4.78 is 0. The molecule has 0 aliphatic carbocycles. The van der Waals surface area contributed by atoms with E-state index in [0.717, 1.165) is 16.1 Å². The largest absolute Gasteiger partial charge is 0.347 e. The summed E-state index contributed by atoms with van der Waals surface area (Å²) in [5, 5.41) is 6.35. The second-order valence-corrected chi connectivity index (χ2v) is 7.52. The molecule has 0 fully saturated rings. The van der Waals surface area contributed by atoms with Gasteiger partial charge in [0.05, 0.1) is 6.04 Å². The fraction of sp³-hybridized carbons (Fsp3) is 0.158. The number of amides is 1. The van der Waals surface area contributed by atoms with Gasteiger partial charge < -0.3 is 11.1 Å². The van der Waals surface area contributed by atoms with E-state index < -0.39 is 0 Å². The number of rotatable bonds is 6. The van der Waals surface area contributed by atoms with Crippen molar-refractivity contribution in [2.45, 2.75) is 19.0 Å². The summed E-state index contributed by atoms with van der Waals surface area (Å²) in [7, 11) is 0. The lowest BCUT2D eigenvalue weighted by atomic mass is 10.1. The molecule has 0 saturated carbocycles. The first-order chi connectivity index (χ1) is 12.5. The van der Waals surface area contributed by atoms with E-state index in [0.29, 0.717) is 28.7 Å². The topological polar surface area (TPSA) is 68.0 Å². The molecule has 3 aromatic rings. The summed E-state index contributed by atoms with van der Waals surface area (Å²) in [5.74, 6) is -0.259. The Hall–Kier alpha value is -1.92. The molecule has 0 aliphatic rings. The van der Waals surface area contributed by atoms with Crippen molar-refractivity contribution in [2.75, 3.05) is 0 Å². The Balaban J connectivity index is 1.60. The van der Waals surface area contributed by atoms with E-state index in [2.05, 4.69) is 10.3 Å². The highest BCUT2D eigenvalue weighted by Crippen LogP contribution is 2.22. The van der Waals surface area contributed by atoms with Gasteiger partial charge in [0, 0.05) is 22.0 Å². The molecule has 7 heteroatoms. The molecule has 26 heavy (non-hydrogen) atoms. The maximum Gasteiger partial charge on any atom is 0.271 e. The van der Waals surface area contributed by atoms with E-state index in [1.165, 1.54) is 11.3 Å². The SMILES string of the molecule is NC(Cc1ccccc1)c1nc(C(=O)NCc2ccc(Cl)cc2Cl)cs1. The molecule has 1 unspecified atom stereocenters. The molecule has 0 radical (unpaired) electrons. The Kier molecular flexibility index (Phi) is 6.27. The maximum atomic E-state index is 12.3. The molecule has 0 bridgehead atoms. The second-order valence-electron chi connectivity index (χ2n) is 5.79. The monoisotopic (exact) mass is 405 g/mol. The molecular formula is C19H17Cl2N3OS. The van der Waals surface area contributed by atoms with Gasteiger partial charge >= 0.3 is 0 Å². The molecule has 1 heterocycles. The Morgan fingerprint density at radius 3 is 2.69 bits per heavy atom. The Labute approximate surface area is 166 Å². The van der Waals surface area contributed by atoms with Gasteiger partial charge in [0.15, 0.2) is 0 Å². The fourth-order valence-electron chi connectivity index (χ4n) is 2.45. The second kappa shape index (κ2) is 8.64. The minimum Gasteiger partial charge on any atom is -0.347 e. The van der Waals surface area contributed by atoms with Crippen LogP contribution >= 0.6 is 34.5 Å². The van der Waals surface area contributed by atoms with Crippen LogP contribution in [-0.2, 0) is 13.0 Å². The smallest absolute Gasteiger partial charge is 0.271 e. The van der Waals surface area contributed by atoms with Crippen LogP contribution < -0.4 is 11.1 Å². The molecule has 0 saturated heterocycles.